The van der Waals surface area contributed by atoms with Crippen molar-refractivity contribution in [3.8, 4) is 0 Å². The van der Waals surface area contributed by atoms with Crippen molar-refractivity contribution in [3.05, 3.63) is 94.0 Å². The van der Waals surface area contributed by atoms with Gasteiger partial charge in [-0.2, -0.15) is 0 Å². The number of carbonyl (C=O) groups excluding carboxylic acids is 1. The van der Waals surface area contributed by atoms with E-state index in [-0.39, 0.29) is 5.91 Å². The van der Waals surface area contributed by atoms with Crippen molar-refractivity contribution >= 4 is 39.1 Å². The summed E-state index contributed by atoms with van der Waals surface area (Å²) in [7, 11) is 0. The van der Waals surface area contributed by atoms with E-state index in [2.05, 4.69) is 51.2 Å². The molecule has 158 valence electrons. The van der Waals surface area contributed by atoms with Crippen LogP contribution in [0, 0.1) is 0 Å². The molecule has 2 aromatic carbocycles. The van der Waals surface area contributed by atoms with Crippen molar-refractivity contribution in [1.29, 1.82) is 0 Å². The van der Waals surface area contributed by atoms with Crippen LogP contribution in [0.5, 0.6) is 0 Å². The third kappa shape index (κ3) is 4.40. The summed E-state index contributed by atoms with van der Waals surface area (Å²) < 4.78 is 3.34. The second-order valence-electron chi connectivity index (χ2n) is 7.97. The molecule has 5 rings (SSSR count). The number of amides is 1. The van der Waals surface area contributed by atoms with Crippen LogP contribution >= 0.6 is 22.9 Å². The Morgan fingerprint density at radius 3 is 2.32 bits per heavy atom. The molecule has 1 fully saturated rings. The lowest BCUT2D eigenvalue weighted by atomic mass is 10.2. The summed E-state index contributed by atoms with van der Waals surface area (Å²) in [6, 6.07) is 22.5. The number of fused-ring (bicyclic) bond motifs is 1. The van der Waals surface area contributed by atoms with E-state index in [9.17, 15) is 4.79 Å². The van der Waals surface area contributed by atoms with E-state index in [0.29, 0.717) is 6.54 Å². The number of halogens is 1. The van der Waals surface area contributed by atoms with Crippen LogP contribution in [-0.2, 0) is 13.1 Å². The van der Waals surface area contributed by atoms with E-state index in [1.165, 1.54) is 15.8 Å². The van der Waals surface area contributed by atoms with Crippen LogP contribution < -0.4 is 0 Å². The molecule has 1 aliphatic rings. The molecule has 6 heteroatoms. The lowest BCUT2D eigenvalue weighted by Crippen LogP contribution is -2.48. The van der Waals surface area contributed by atoms with Crippen molar-refractivity contribution in [2.75, 3.05) is 26.2 Å². The molecule has 1 amide bonds. The summed E-state index contributed by atoms with van der Waals surface area (Å²) in [5.74, 6) is 0.130. The van der Waals surface area contributed by atoms with Gasteiger partial charge in [0.25, 0.3) is 5.91 Å². The number of thiophene rings is 1. The van der Waals surface area contributed by atoms with E-state index < -0.39 is 0 Å². The fourth-order valence-corrected chi connectivity index (χ4v) is 5.16. The van der Waals surface area contributed by atoms with Gasteiger partial charge in [-0.1, -0.05) is 54.1 Å². The lowest BCUT2D eigenvalue weighted by Gasteiger charge is -2.35. The van der Waals surface area contributed by atoms with Gasteiger partial charge in [-0.3, -0.25) is 9.69 Å². The second-order valence-corrected chi connectivity index (χ2v) is 9.35. The predicted octanol–water partition coefficient (Wildman–Crippen LogP) is 5.36. The normalized spacial score (nSPS) is 14.9. The monoisotopic (exact) mass is 449 g/mol. The first-order chi connectivity index (χ1) is 15.2. The molecule has 1 saturated heterocycles. The quantitative estimate of drug-likeness (QED) is 0.410. The summed E-state index contributed by atoms with van der Waals surface area (Å²) >= 11 is 7.68. The first kappa shape index (κ1) is 20.3. The number of rotatable bonds is 5. The van der Waals surface area contributed by atoms with Gasteiger partial charge in [0.1, 0.15) is 5.69 Å². The van der Waals surface area contributed by atoms with Crippen LogP contribution in [0.4, 0.5) is 0 Å². The summed E-state index contributed by atoms with van der Waals surface area (Å²) in [5.41, 5.74) is 4.38. The maximum atomic E-state index is 13.5. The third-order valence-corrected chi connectivity index (χ3v) is 7.01. The SMILES string of the molecule is O=C(c1cc2sccc2n1Cc1ccccc1)N1CCN(Cc2ccc(Cl)cc2)CC1. The van der Waals surface area contributed by atoms with Gasteiger partial charge in [0.2, 0.25) is 0 Å². The van der Waals surface area contributed by atoms with E-state index in [4.69, 9.17) is 11.6 Å². The minimum Gasteiger partial charge on any atom is -0.335 e. The number of piperazine rings is 1. The molecule has 2 aromatic heterocycles. The zero-order valence-corrected chi connectivity index (χ0v) is 18.8. The Morgan fingerprint density at radius 2 is 1.58 bits per heavy atom. The fraction of sp³-hybridized carbons (Fsp3) is 0.240. The van der Waals surface area contributed by atoms with E-state index in [1.54, 1.807) is 11.3 Å². The van der Waals surface area contributed by atoms with Gasteiger partial charge in [-0.25, -0.2) is 0 Å². The van der Waals surface area contributed by atoms with Crippen LogP contribution in [0.2, 0.25) is 5.02 Å². The lowest BCUT2D eigenvalue weighted by molar-refractivity contribution is 0.0619. The Kier molecular flexibility index (Phi) is 5.81. The van der Waals surface area contributed by atoms with E-state index in [0.717, 1.165) is 49.0 Å². The van der Waals surface area contributed by atoms with Crippen LogP contribution in [-0.4, -0.2) is 46.5 Å². The maximum Gasteiger partial charge on any atom is 0.270 e. The molecule has 31 heavy (non-hydrogen) atoms. The Bertz CT molecular complexity index is 1170. The smallest absolute Gasteiger partial charge is 0.270 e. The molecule has 0 saturated carbocycles. The van der Waals surface area contributed by atoms with Gasteiger partial charge in [0.15, 0.2) is 0 Å². The molecule has 4 aromatic rings. The first-order valence-corrected chi connectivity index (χ1v) is 11.8. The van der Waals surface area contributed by atoms with Crippen molar-refractivity contribution in [1.82, 2.24) is 14.4 Å². The molecule has 1 aliphatic heterocycles. The highest BCUT2D eigenvalue weighted by Gasteiger charge is 2.25. The molecule has 0 bridgehead atoms. The minimum absolute atomic E-state index is 0.130. The molecule has 0 atom stereocenters. The summed E-state index contributed by atoms with van der Waals surface area (Å²) in [6.45, 7) is 4.84. The van der Waals surface area contributed by atoms with Crippen LogP contribution in [0.3, 0.4) is 0 Å². The highest BCUT2D eigenvalue weighted by Crippen LogP contribution is 2.27. The molecule has 0 N–H and O–H groups in total. The summed E-state index contributed by atoms with van der Waals surface area (Å²) in [5, 5.41) is 2.85. The number of carbonyl (C=O) groups is 1. The van der Waals surface area contributed by atoms with Gasteiger partial charge in [-0.15, -0.1) is 11.3 Å². The fourth-order valence-electron chi connectivity index (χ4n) is 4.21. The molecule has 3 heterocycles. The predicted molar refractivity (Wildman–Crippen MR) is 128 cm³/mol. The van der Waals surface area contributed by atoms with Crippen LogP contribution in [0.1, 0.15) is 21.6 Å². The average molecular weight is 450 g/mol. The molecule has 4 nitrogen and oxygen atoms in total. The standard InChI is InChI=1S/C25H24ClN3OS/c26-21-8-6-20(7-9-21)17-27-11-13-28(14-12-27)25(30)23-16-24-22(10-15-31-24)29(23)18-19-4-2-1-3-5-19/h1-10,15-16H,11-14,17-18H2. The number of nitrogens with zero attached hydrogens (tertiary/aromatic N) is 3. The van der Waals surface area contributed by atoms with Gasteiger partial charge < -0.3 is 9.47 Å². The van der Waals surface area contributed by atoms with Crippen molar-refractivity contribution in [2.45, 2.75) is 13.1 Å². The summed E-state index contributed by atoms with van der Waals surface area (Å²) in [4.78, 5) is 17.9. The van der Waals surface area contributed by atoms with Gasteiger partial charge in [-0.05, 0) is 40.8 Å². The van der Waals surface area contributed by atoms with Crippen molar-refractivity contribution in [2.24, 2.45) is 0 Å². The van der Waals surface area contributed by atoms with Crippen molar-refractivity contribution in [3.63, 3.8) is 0 Å². The molecular formula is C25H24ClN3OS. The summed E-state index contributed by atoms with van der Waals surface area (Å²) in [6.07, 6.45) is 0. The van der Waals surface area contributed by atoms with E-state index in [1.807, 2.05) is 35.2 Å². The van der Waals surface area contributed by atoms with Crippen LogP contribution in [0.25, 0.3) is 10.2 Å². The largest absolute Gasteiger partial charge is 0.335 e. The number of benzene rings is 2. The second kappa shape index (κ2) is 8.87. The highest BCUT2D eigenvalue weighted by molar-refractivity contribution is 7.17. The minimum atomic E-state index is 0.130. The molecule has 0 aliphatic carbocycles. The Morgan fingerprint density at radius 1 is 0.871 bits per heavy atom. The van der Waals surface area contributed by atoms with E-state index >= 15 is 0 Å². The molecule has 0 radical (unpaired) electrons. The van der Waals surface area contributed by atoms with Gasteiger partial charge >= 0.3 is 0 Å². The number of hydrogen-bond donors (Lipinski definition) is 0. The molecule has 0 spiro atoms. The molecule has 0 unspecified atom stereocenters. The Balaban J connectivity index is 1.30. The Hall–Kier alpha value is -2.60. The number of aromatic nitrogens is 1. The number of hydrogen-bond acceptors (Lipinski definition) is 3. The molecular weight excluding hydrogens is 426 g/mol. The highest BCUT2D eigenvalue weighted by atomic mass is 35.5. The topological polar surface area (TPSA) is 28.5 Å². The van der Waals surface area contributed by atoms with Crippen LogP contribution in [0.15, 0.2) is 72.1 Å². The zero-order valence-electron chi connectivity index (χ0n) is 17.2. The third-order valence-electron chi connectivity index (χ3n) is 5.90. The average Bonchev–Trinajstić information content (AvgIpc) is 3.39. The first-order valence-electron chi connectivity index (χ1n) is 10.5. The van der Waals surface area contributed by atoms with Gasteiger partial charge in [0, 0.05) is 44.3 Å². The maximum absolute atomic E-state index is 13.5. The van der Waals surface area contributed by atoms with Gasteiger partial charge in [0.05, 0.1) is 10.2 Å². The Labute approximate surface area is 191 Å². The van der Waals surface area contributed by atoms with Crippen molar-refractivity contribution < 1.29 is 4.79 Å². The zero-order chi connectivity index (χ0) is 21.2.